The third kappa shape index (κ3) is 7.35. The van der Waals surface area contributed by atoms with Crippen LogP contribution in [0.3, 0.4) is 0 Å². The summed E-state index contributed by atoms with van der Waals surface area (Å²) < 4.78 is 0. The SMILES string of the molecule is C[C@H](NCC#CC(C)(C)C)C(=O)O. The van der Waals surface area contributed by atoms with Crippen LogP contribution in [0.2, 0.25) is 0 Å². The minimum absolute atomic E-state index is 0.0197. The van der Waals surface area contributed by atoms with Crippen molar-refractivity contribution in [2.45, 2.75) is 33.7 Å². The molecule has 0 saturated carbocycles. The number of aliphatic carboxylic acids is 1. The van der Waals surface area contributed by atoms with Crippen LogP contribution >= 0.6 is 0 Å². The van der Waals surface area contributed by atoms with Crippen LogP contribution < -0.4 is 5.32 Å². The summed E-state index contributed by atoms with van der Waals surface area (Å²) in [6.45, 7) is 8.06. The van der Waals surface area contributed by atoms with Crippen LogP contribution in [0.4, 0.5) is 0 Å². The minimum atomic E-state index is -0.849. The van der Waals surface area contributed by atoms with Crippen molar-refractivity contribution < 1.29 is 9.90 Å². The maximum absolute atomic E-state index is 10.4. The number of nitrogens with one attached hydrogen (secondary N) is 1. The van der Waals surface area contributed by atoms with Crippen LogP contribution in [0.1, 0.15) is 27.7 Å². The Morgan fingerprint density at radius 3 is 2.46 bits per heavy atom. The summed E-state index contributed by atoms with van der Waals surface area (Å²) in [5.74, 6) is 5.05. The summed E-state index contributed by atoms with van der Waals surface area (Å²) in [7, 11) is 0. The lowest BCUT2D eigenvalue weighted by molar-refractivity contribution is -0.138. The molecule has 0 aliphatic heterocycles. The molecular formula is C10H17NO2. The Bertz CT molecular complexity index is 230. The number of rotatable bonds is 3. The molecule has 1 atom stereocenters. The standard InChI is InChI=1S/C10H17NO2/c1-8(9(12)13)11-7-5-6-10(2,3)4/h8,11H,7H2,1-4H3,(H,12,13)/t8-/m0/s1. The Morgan fingerprint density at radius 1 is 1.54 bits per heavy atom. The van der Waals surface area contributed by atoms with Gasteiger partial charge in [0.2, 0.25) is 0 Å². The third-order valence-corrected chi connectivity index (χ3v) is 1.33. The van der Waals surface area contributed by atoms with E-state index in [1.807, 2.05) is 20.8 Å². The zero-order valence-electron chi connectivity index (χ0n) is 8.64. The van der Waals surface area contributed by atoms with Crippen molar-refractivity contribution in [2.24, 2.45) is 5.41 Å². The van der Waals surface area contributed by atoms with Gasteiger partial charge in [0.15, 0.2) is 0 Å². The van der Waals surface area contributed by atoms with E-state index in [2.05, 4.69) is 17.2 Å². The molecule has 3 heteroatoms. The van der Waals surface area contributed by atoms with Gasteiger partial charge in [-0.3, -0.25) is 10.1 Å². The maximum atomic E-state index is 10.4. The lowest BCUT2D eigenvalue weighted by Gasteiger charge is -2.08. The van der Waals surface area contributed by atoms with E-state index in [4.69, 9.17) is 5.11 Å². The first-order valence-electron chi connectivity index (χ1n) is 4.29. The van der Waals surface area contributed by atoms with Crippen molar-refractivity contribution in [3.05, 3.63) is 0 Å². The highest BCUT2D eigenvalue weighted by atomic mass is 16.4. The van der Waals surface area contributed by atoms with Gasteiger partial charge in [-0.25, -0.2) is 0 Å². The first-order valence-corrected chi connectivity index (χ1v) is 4.29. The molecule has 0 rings (SSSR count). The van der Waals surface area contributed by atoms with Gasteiger partial charge in [-0.2, -0.15) is 0 Å². The van der Waals surface area contributed by atoms with Crippen LogP contribution in [0, 0.1) is 17.3 Å². The van der Waals surface area contributed by atoms with Gasteiger partial charge in [-0.1, -0.05) is 11.8 Å². The Hall–Kier alpha value is -1.01. The van der Waals surface area contributed by atoms with Crippen LogP contribution in [-0.4, -0.2) is 23.7 Å². The molecule has 74 valence electrons. The van der Waals surface area contributed by atoms with Crippen molar-refractivity contribution in [1.29, 1.82) is 0 Å². The molecule has 0 aliphatic rings. The molecule has 0 spiro atoms. The van der Waals surface area contributed by atoms with Crippen LogP contribution in [-0.2, 0) is 4.79 Å². The Kier molecular flexibility index (Phi) is 4.50. The van der Waals surface area contributed by atoms with E-state index in [0.29, 0.717) is 6.54 Å². The van der Waals surface area contributed by atoms with Crippen molar-refractivity contribution in [3.63, 3.8) is 0 Å². The number of carbonyl (C=O) groups is 1. The normalized spacial score (nSPS) is 12.9. The van der Waals surface area contributed by atoms with Gasteiger partial charge in [0.1, 0.15) is 6.04 Å². The smallest absolute Gasteiger partial charge is 0.320 e. The Balaban J connectivity index is 3.78. The first kappa shape index (κ1) is 12.0. The number of carboxylic acid groups (broad SMARTS) is 1. The monoisotopic (exact) mass is 183 g/mol. The molecular weight excluding hydrogens is 166 g/mol. The molecule has 0 amide bonds. The largest absolute Gasteiger partial charge is 0.480 e. The molecule has 0 aromatic heterocycles. The maximum Gasteiger partial charge on any atom is 0.320 e. The van der Waals surface area contributed by atoms with Crippen molar-refractivity contribution >= 4 is 5.97 Å². The fourth-order valence-corrected chi connectivity index (χ4v) is 0.601. The van der Waals surface area contributed by atoms with E-state index in [9.17, 15) is 4.79 Å². The zero-order chi connectivity index (χ0) is 10.5. The van der Waals surface area contributed by atoms with Gasteiger partial charge in [0.25, 0.3) is 0 Å². The minimum Gasteiger partial charge on any atom is -0.480 e. The van der Waals surface area contributed by atoms with Crippen molar-refractivity contribution in [1.82, 2.24) is 5.32 Å². The van der Waals surface area contributed by atoms with Gasteiger partial charge < -0.3 is 5.11 Å². The summed E-state index contributed by atoms with van der Waals surface area (Å²) in [4.78, 5) is 10.4. The predicted octanol–water partition coefficient (Wildman–Crippen LogP) is 1.10. The molecule has 13 heavy (non-hydrogen) atoms. The fraction of sp³-hybridized carbons (Fsp3) is 0.700. The average Bonchev–Trinajstić information content (AvgIpc) is 1.95. The molecule has 0 aromatic carbocycles. The van der Waals surface area contributed by atoms with Crippen LogP contribution in [0.25, 0.3) is 0 Å². The van der Waals surface area contributed by atoms with E-state index >= 15 is 0 Å². The molecule has 0 aromatic rings. The van der Waals surface area contributed by atoms with E-state index in [-0.39, 0.29) is 5.41 Å². The van der Waals surface area contributed by atoms with Gasteiger partial charge in [0, 0.05) is 5.41 Å². The molecule has 0 saturated heterocycles. The molecule has 2 N–H and O–H groups in total. The third-order valence-electron chi connectivity index (χ3n) is 1.33. The van der Waals surface area contributed by atoms with Crippen LogP contribution in [0.5, 0.6) is 0 Å². The fourth-order valence-electron chi connectivity index (χ4n) is 0.601. The Labute approximate surface area is 79.5 Å². The number of hydrogen-bond acceptors (Lipinski definition) is 2. The second-order valence-electron chi connectivity index (χ2n) is 3.99. The average molecular weight is 183 g/mol. The number of hydrogen-bond donors (Lipinski definition) is 2. The highest BCUT2D eigenvalue weighted by Gasteiger charge is 2.07. The lowest BCUT2D eigenvalue weighted by Crippen LogP contribution is -2.33. The molecule has 0 heterocycles. The molecule has 0 radical (unpaired) electrons. The molecule has 3 nitrogen and oxygen atoms in total. The molecule has 0 fully saturated rings. The van der Waals surface area contributed by atoms with Gasteiger partial charge in [-0.15, -0.1) is 0 Å². The van der Waals surface area contributed by atoms with Gasteiger partial charge >= 0.3 is 5.97 Å². The van der Waals surface area contributed by atoms with Crippen molar-refractivity contribution in [2.75, 3.05) is 6.54 Å². The quantitative estimate of drug-likeness (QED) is 0.644. The second-order valence-corrected chi connectivity index (χ2v) is 3.99. The van der Waals surface area contributed by atoms with Crippen molar-refractivity contribution in [3.8, 4) is 11.8 Å². The van der Waals surface area contributed by atoms with E-state index < -0.39 is 12.0 Å². The zero-order valence-corrected chi connectivity index (χ0v) is 8.64. The second kappa shape index (κ2) is 4.88. The first-order chi connectivity index (χ1) is 5.83. The summed E-state index contributed by atoms with van der Waals surface area (Å²) in [5, 5.41) is 11.3. The van der Waals surface area contributed by atoms with E-state index in [1.165, 1.54) is 0 Å². The van der Waals surface area contributed by atoms with Gasteiger partial charge in [0.05, 0.1) is 6.54 Å². The highest BCUT2D eigenvalue weighted by molar-refractivity contribution is 5.72. The summed E-state index contributed by atoms with van der Waals surface area (Å²) >= 11 is 0. The van der Waals surface area contributed by atoms with Gasteiger partial charge in [-0.05, 0) is 27.7 Å². The topological polar surface area (TPSA) is 49.3 Å². The Morgan fingerprint density at radius 2 is 2.08 bits per heavy atom. The molecule has 0 unspecified atom stereocenters. The summed E-state index contributed by atoms with van der Waals surface area (Å²) in [5.41, 5.74) is -0.0197. The molecule has 0 aliphatic carbocycles. The summed E-state index contributed by atoms with van der Waals surface area (Å²) in [6.07, 6.45) is 0. The molecule has 0 bridgehead atoms. The summed E-state index contributed by atoms with van der Waals surface area (Å²) in [6, 6.07) is -0.533. The predicted molar refractivity (Wildman–Crippen MR) is 52.3 cm³/mol. The van der Waals surface area contributed by atoms with E-state index in [0.717, 1.165) is 0 Å². The van der Waals surface area contributed by atoms with E-state index in [1.54, 1.807) is 6.92 Å². The highest BCUT2D eigenvalue weighted by Crippen LogP contribution is 2.09. The number of carboxylic acids is 1. The van der Waals surface area contributed by atoms with Crippen LogP contribution in [0.15, 0.2) is 0 Å². The lowest BCUT2D eigenvalue weighted by atomic mass is 9.98.